The van der Waals surface area contributed by atoms with Crippen LogP contribution in [0.15, 0.2) is 0 Å². The first kappa shape index (κ1) is 25.3. The largest absolute Gasteiger partial charge is 1.00 e. The van der Waals surface area contributed by atoms with E-state index in [1.54, 1.807) is 0 Å². The third-order valence-electron chi connectivity index (χ3n) is 2.94. The van der Waals surface area contributed by atoms with E-state index in [0.29, 0.717) is 0 Å². The topological polar surface area (TPSA) is 97.3 Å². The van der Waals surface area contributed by atoms with Gasteiger partial charge >= 0.3 is 59.1 Å². The summed E-state index contributed by atoms with van der Waals surface area (Å²) in [5, 5.41) is 9.07. The predicted octanol–water partition coefficient (Wildman–Crippen LogP) is -5.35. The molecule has 8 heteroatoms. The molecule has 0 aromatic carbocycles. The normalized spacial score (nSPS) is 13.8. The Hall–Kier alpha value is 1.38. The molecule has 19 heavy (non-hydrogen) atoms. The summed E-state index contributed by atoms with van der Waals surface area (Å²) in [5.41, 5.74) is 0. The number of carboxylic acid groups (broad SMARTS) is 1. The summed E-state index contributed by atoms with van der Waals surface area (Å²) in [6.07, 6.45) is 2.94. The van der Waals surface area contributed by atoms with Gasteiger partial charge in [-0.3, -0.25) is 0 Å². The molecule has 0 aliphatic rings. The molecule has 0 aromatic heterocycles. The van der Waals surface area contributed by atoms with Gasteiger partial charge in [0.1, 0.15) is 0 Å². The van der Waals surface area contributed by atoms with Gasteiger partial charge in [0.25, 0.3) is 0 Å². The maximum Gasteiger partial charge on any atom is 1.00 e. The Kier molecular flexibility index (Phi) is 17.4. The van der Waals surface area contributed by atoms with E-state index < -0.39 is 27.8 Å². The van der Waals surface area contributed by atoms with E-state index in [-0.39, 0.29) is 71.5 Å². The average molecular weight is 310 g/mol. The van der Waals surface area contributed by atoms with Crippen LogP contribution in [0.3, 0.4) is 0 Å². The predicted molar refractivity (Wildman–Crippen MR) is 61.0 cm³/mol. The SMILES string of the molecule is CCCCC(CC)CC(CC(=O)[O-])S(=O)(=O)[O-].[Na+].[Na+]. The van der Waals surface area contributed by atoms with E-state index in [1.165, 1.54) is 0 Å². The molecular formula is C11H20Na2O5S. The molecule has 0 saturated heterocycles. The minimum absolute atomic E-state index is 0. The van der Waals surface area contributed by atoms with Crippen molar-refractivity contribution in [2.24, 2.45) is 5.92 Å². The van der Waals surface area contributed by atoms with Crippen molar-refractivity contribution >= 4 is 16.1 Å². The fraction of sp³-hybridized carbons (Fsp3) is 0.909. The van der Waals surface area contributed by atoms with Crippen molar-refractivity contribution in [2.75, 3.05) is 0 Å². The van der Waals surface area contributed by atoms with E-state index in [1.807, 2.05) is 13.8 Å². The van der Waals surface area contributed by atoms with E-state index in [9.17, 15) is 22.9 Å². The number of hydrogen-bond acceptors (Lipinski definition) is 5. The Labute approximate surface area is 160 Å². The summed E-state index contributed by atoms with van der Waals surface area (Å²) in [6.45, 7) is 3.93. The molecular weight excluding hydrogens is 290 g/mol. The molecule has 0 saturated carbocycles. The average Bonchev–Trinajstić information content (AvgIpc) is 2.20. The minimum atomic E-state index is -4.56. The van der Waals surface area contributed by atoms with Crippen molar-refractivity contribution < 1.29 is 82.0 Å². The summed E-state index contributed by atoms with van der Waals surface area (Å²) >= 11 is 0. The fourth-order valence-corrected chi connectivity index (χ4v) is 2.69. The van der Waals surface area contributed by atoms with Gasteiger partial charge in [-0.25, -0.2) is 8.42 Å². The Bertz CT molecular complexity index is 332. The van der Waals surface area contributed by atoms with Gasteiger partial charge in [0.2, 0.25) is 0 Å². The zero-order valence-electron chi connectivity index (χ0n) is 12.3. The minimum Gasteiger partial charge on any atom is -0.748 e. The molecule has 0 aliphatic carbocycles. The van der Waals surface area contributed by atoms with Gasteiger partial charge in [0, 0.05) is 12.4 Å². The molecule has 0 spiro atoms. The van der Waals surface area contributed by atoms with Crippen molar-refractivity contribution in [2.45, 2.75) is 57.6 Å². The maximum atomic E-state index is 10.9. The van der Waals surface area contributed by atoms with E-state index in [0.717, 1.165) is 25.7 Å². The quantitative estimate of drug-likeness (QED) is 0.313. The molecule has 0 N–H and O–H groups in total. The standard InChI is InChI=1S/C11H22O5S.2Na/c1-3-5-6-9(4-2)7-10(8-11(12)13)17(14,15)16;;/h9-10H,3-8H2,1-2H3,(H,12,13)(H,14,15,16);;/q;2*+1/p-2. The third kappa shape index (κ3) is 12.8. The van der Waals surface area contributed by atoms with Gasteiger partial charge in [-0.05, 0) is 12.3 Å². The number of rotatable bonds is 9. The van der Waals surface area contributed by atoms with Crippen LogP contribution in [0.25, 0.3) is 0 Å². The second-order valence-electron chi connectivity index (χ2n) is 4.34. The van der Waals surface area contributed by atoms with Crippen molar-refractivity contribution in [3.8, 4) is 0 Å². The molecule has 5 nitrogen and oxygen atoms in total. The maximum absolute atomic E-state index is 10.9. The molecule has 0 amide bonds. The van der Waals surface area contributed by atoms with Crippen LogP contribution < -0.4 is 64.2 Å². The van der Waals surface area contributed by atoms with Crippen molar-refractivity contribution in [3.05, 3.63) is 0 Å². The summed E-state index contributed by atoms with van der Waals surface area (Å²) in [6, 6.07) is 0. The van der Waals surface area contributed by atoms with Crippen LogP contribution in [0.5, 0.6) is 0 Å². The Balaban J connectivity index is -0.00000128. The molecule has 2 unspecified atom stereocenters. The Morgan fingerprint density at radius 3 is 2.05 bits per heavy atom. The van der Waals surface area contributed by atoms with E-state index >= 15 is 0 Å². The van der Waals surface area contributed by atoms with Crippen LogP contribution in [0.1, 0.15) is 52.4 Å². The number of unbranched alkanes of at least 4 members (excludes halogenated alkanes) is 1. The Morgan fingerprint density at radius 2 is 1.74 bits per heavy atom. The molecule has 0 rings (SSSR count). The van der Waals surface area contributed by atoms with Crippen LogP contribution in [0.4, 0.5) is 0 Å². The van der Waals surface area contributed by atoms with Gasteiger partial charge < -0.3 is 14.5 Å². The molecule has 102 valence electrons. The van der Waals surface area contributed by atoms with Gasteiger partial charge in [0.05, 0.1) is 15.4 Å². The van der Waals surface area contributed by atoms with E-state index in [4.69, 9.17) is 0 Å². The molecule has 0 aliphatic heterocycles. The molecule has 0 aromatic rings. The second-order valence-corrected chi connectivity index (χ2v) is 6.00. The molecule has 0 radical (unpaired) electrons. The van der Waals surface area contributed by atoms with E-state index in [2.05, 4.69) is 0 Å². The number of hydrogen-bond donors (Lipinski definition) is 0. The molecule has 2 atom stereocenters. The van der Waals surface area contributed by atoms with Crippen LogP contribution >= 0.6 is 0 Å². The van der Waals surface area contributed by atoms with Gasteiger partial charge in [-0.1, -0.05) is 39.5 Å². The van der Waals surface area contributed by atoms with Gasteiger partial charge in [-0.2, -0.15) is 0 Å². The summed E-state index contributed by atoms with van der Waals surface area (Å²) < 4.78 is 32.8. The third-order valence-corrected chi connectivity index (χ3v) is 4.12. The van der Waals surface area contributed by atoms with Crippen LogP contribution in [-0.4, -0.2) is 24.2 Å². The fourth-order valence-electron chi connectivity index (χ4n) is 1.84. The van der Waals surface area contributed by atoms with Crippen LogP contribution in [0.2, 0.25) is 0 Å². The molecule has 0 bridgehead atoms. The molecule has 0 fully saturated rings. The van der Waals surface area contributed by atoms with Crippen LogP contribution in [-0.2, 0) is 14.9 Å². The molecule has 0 heterocycles. The Morgan fingerprint density at radius 1 is 1.21 bits per heavy atom. The van der Waals surface area contributed by atoms with Crippen molar-refractivity contribution in [1.82, 2.24) is 0 Å². The number of carboxylic acids is 1. The summed E-state index contributed by atoms with van der Waals surface area (Å²) in [7, 11) is -4.56. The zero-order chi connectivity index (χ0) is 13.5. The first-order chi connectivity index (χ1) is 7.81. The number of carbonyl (C=O) groups is 1. The summed E-state index contributed by atoms with van der Waals surface area (Å²) in [4.78, 5) is 10.4. The first-order valence-corrected chi connectivity index (χ1v) is 7.42. The smallest absolute Gasteiger partial charge is 0.748 e. The summed E-state index contributed by atoms with van der Waals surface area (Å²) in [5.74, 6) is -1.40. The second kappa shape index (κ2) is 13.1. The number of carbonyl (C=O) groups excluding carboxylic acids is 1. The first-order valence-electron chi connectivity index (χ1n) is 5.95. The monoisotopic (exact) mass is 310 g/mol. The van der Waals surface area contributed by atoms with Crippen molar-refractivity contribution in [1.29, 1.82) is 0 Å². The van der Waals surface area contributed by atoms with Gasteiger partial charge in [-0.15, -0.1) is 0 Å². The van der Waals surface area contributed by atoms with Gasteiger partial charge in [0.15, 0.2) is 0 Å². The van der Waals surface area contributed by atoms with Crippen LogP contribution in [0, 0.1) is 5.92 Å². The van der Waals surface area contributed by atoms with Crippen molar-refractivity contribution in [3.63, 3.8) is 0 Å². The zero-order valence-corrected chi connectivity index (χ0v) is 17.2. The number of aliphatic carboxylic acids is 1.